The fourth-order valence-electron chi connectivity index (χ4n) is 1.33. The average molecular weight is 274 g/mol. The second-order valence-corrected chi connectivity index (χ2v) is 7.56. The van der Waals surface area contributed by atoms with Crippen molar-refractivity contribution in [3.8, 4) is 0 Å². The highest BCUT2D eigenvalue weighted by atomic mass is 32.2. The molecular weight excluding hydrogens is 252 g/mol. The minimum Gasteiger partial charge on any atom is -0.384 e. The molecule has 0 aliphatic carbocycles. The SMILES string of the molecule is Cn1ncc(CNS(=O)(=O)CCC(C)(C)C)c1N. The molecule has 0 unspecified atom stereocenters. The van der Waals surface area contributed by atoms with E-state index in [9.17, 15) is 8.42 Å². The molecule has 0 amide bonds. The summed E-state index contributed by atoms with van der Waals surface area (Å²) in [6.45, 7) is 6.23. The molecule has 0 aromatic carbocycles. The first kappa shape index (κ1) is 15.0. The molecule has 0 aliphatic rings. The van der Waals surface area contributed by atoms with Gasteiger partial charge < -0.3 is 5.73 Å². The van der Waals surface area contributed by atoms with Crippen LogP contribution in [0.3, 0.4) is 0 Å². The molecule has 0 saturated carbocycles. The van der Waals surface area contributed by atoms with Gasteiger partial charge in [0, 0.05) is 19.2 Å². The first-order chi connectivity index (χ1) is 8.11. The van der Waals surface area contributed by atoms with E-state index in [1.165, 1.54) is 4.68 Å². The number of nitrogens with two attached hydrogens (primary N) is 1. The van der Waals surface area contributed by atoms with E-state index in [1.807, 2.05) is 20.8 Å². The van der Waals surface area contributed by atoms with Crippen molar-refractivity contribution in [2.75, 3.05) is 11.5 Å². The lowest BCUT2D eigenvalue weighted by Gasteiger charge is -2.17. The number of nitrogens with zero attached hydrogens (tertiary/aromatic N) is 2. The van der Waals surface area contributed by atoms with Crippen molar-refractivity contribution in [2.24, 2.45) is 12.5 Å². The van der Waals surface area contributed by atoms with Crippen molar-refractivity contribution in [1.29, 1.82) is 0 Å². The monoisotopic (exact) mass is 274 g/mol. The molecule has 0 fully saturated rings. The third kappa shape index (κ3) is 4.66. The van der Waals surface area contributed by atoms with Gasteiger partial charge in [0.15, 0.2) is 0 Å². The number of hydrogen-bond donors (Lipinski definition) is 2. The summed E-state index contributed by atoms with van der Waals surface area (Å²) in [7, 11) is -1.55. The molecular formula is C11H22N4O2S. The molecule has 0 saturated heterocycles. The molecule has 0 spiro atoms. The largest absolute Gasteiger partial charge is 0.384 e. The first-order valence-corrected chi connectivity index (χ1v) is 7.50. The van der Waals surface area contributed by atoms with Crippen LogP contribution in [0.25, 0.3) is 0 Å². The summed E-state index contributed by atoms with van der Waals surface area (Å²) in [4.78, 5) is 0. The number of sulfonamides is 1. The van der Waals surface area contributed by atoms with Crippen LogP contribution in [0.1, 0.15) is 32.8 Å². The second-order valence-electron chi connectivity index (χ2n) is 5.63. The van der Waals surface area contributed by atoms with Crippen molar-refractivity contribution >= 4 is 15.8 Å². The van der Waals surface area contributed by atoms with Gasteiger partial charge in [0.05, 0.1) is 11.9 Å². The fourth-order valence-corrected chi connectivity index (χ4v) is 2.73. The van der Waals surface area contributed by atoms with E-state index in [2.05, 4.69) is 9.82 Å². The zero-order valence-corrected chi connectivity index (χ0v) is 12.2. The van der Waals surface area contributed by atoms with E-state index in [1.54, 1.807) is 13.2 Å². The van der Waals surface area contributed by atoms with E-state index in [0.717, 1.165) is 0 Å². The third-order valence-corrected chi connectivity index (χ3v) is 3.99. The Balaban J connectivity index is 2.55. The number of aromatic nitrogens is 2. The van der Waals surface area contributed by atoms with Gasteiger partial charge in [-0.25, -0.2) is 13.1 Å². The number of nitrogen functional groups attached to an aromatic ring is 1. The summed E-state index contributed by atoms with van der Waals surface area (Å²) in [5.74, 6) is 0.602. The molecule has 3 N–H and O–H groups in total. The molecule has 1 aromatic rings. The van der Waals surface area contributed by atoms with Crippen molar-refractivity contribution in [3.63, 3.8) is 0 Å². The topological polar surface area (TPSA) is 90.0 Å². The quantitative estimate of drug-likeness (QED) is 0.833. The highest BCUT2D eigenvalue weighted by Crippen LogP contribution is 2.19. The molecule has 104 valence electrons. The predicted octanol–water partition coefficient (Wildman–Crippen LogP) is 0.858. The molecule has 0 bridgehead atoms. The number of aryl methyl sites for hydroxylation is 1. The van der Waals surface area contributed by atoms with Gasteiger partial charge in [-0.3, -0.25) is 4.68 Å². The lowest BCUT2D eigenvalue weighted by atomic mass is 9.94. The summed E-state index contributed by atoms with van der Waals surface area (Å²) >= 11 is 0. The smallest absolute Gasteiger partial charge is 0.211 e. The summed E-state index contributed by atoms with van der Waals surface area (Å²) < 4.78 is 27.6. The van der Waals surface area contributed by atoms with Crippen molar-refractivity contribution < 1.29 is 8.42 Å². The molecule has 0 atom stereocenters. The zero-order chi connectivity index (χ0) is 14.0. The summed E-state index contributed by atoms with van der Waals surface area (Å²) in [5.41, 5.74) is 6.43. The Bertz CT molecular complexity index is 500. The molecule has 1 rings (SSSR count). The van der Waals surface area contributed by atoms with Crippen LogP contribution in [0.4, 0.5) is 5.82 Å². The number of nitrogens with one attached hydrogen (secondary N) is 1. The number of hydrogen-bond acceptors (Lipinski definition) is 4. The van der Waals surface area contributed by atoms with Crippen LogP contribution >= 0.6 is 0 Å². The predicted molar refractivity (Wildman–Crippen MR) is 72.3 cm³/mol. The van der Waals surface area contributed by atoms with Gasteiger partial charge in [-0.15, -0.1) is 0 Å². The van der Waals surface area contributed by atoms with Crippen LogP contribution in [-0.4, -0.2) is 24.0 Å². The highest BCUT2D eigenvalue weighted by molar-refractivity contribution is 7.89. The van der Waals surface area contributed by atoms with Gasteiger partial charge >= 0.3 is 0 Å². The lowest BCUT2D eigenvalue weighted by Crippen LogP contribution is -2.28. The Morgan fingerprint density at radius 2 is 2.06 bits per heavy atom. The highest BCUT2D eigenvalue weighted by Gasteiger charge is 2.17. The van der Waals surface area contributed by atoms with Crippen LogP contribution in [0.5, 0.6) is 0 Å². The fraction of sp³-hybridized carbons (Fsp3) is 0.727. The van der Waals surface area contributed by atoms with E-state index in [-0.39, 0.29) is 17.7 Å². The van der Waals surface area contributed by atoms with Crippen LogP contribution in [0.2, 0.25) is 0 Å². The van der Waals surface area contributed by atoms with E-state index in [4.69, 9.17) is 5.73 Å². The minimum absolute atomic E-state index is 0.00206. The Labute approximate surface area is 109 Å². The van der Waals surface area contributed by atoms with E-state index < -0.39 is 10.0 Å². The minimum atomic E-state index is -3.26. The lowest BCUT2D eigenvalue weighted by molar-refractivity contribution is 0.396. The average Bonchev–Trinajstić information content (AvgIpc) is 2.54. The maximum Gasteiger partial charge on any atom is 0.211 e. The van der Waals surface area contributed by atoms with Crippen LogP contribution in [0, 0.1) is 5.41 Å². The van der Waals surface area contributed by atoms with Crippen molar-refractivity contribution in [3.05, 3.63) is 11.8 Å². The molecule has 7 heteroatoms. The Morgan fingerprint density at radius 1 is 1.44 bits per heavy atom. The van der Waals surface area contributed by atoms with Gasteiger partial charge in [0.2, 0.25) is 10.0 Å². The van der Waals surface area contributed by atoms with Gasteiger partial charge in [-0.2, -0.15) is 5.10 Å². The van der Waals surface area contributed by atoms with Crippen LogP contribution < -0.4 is 10.5 Å². The zero-order valence-electron chi connectivity index (χ0n) is 11.4. The van der Waals surface area contributed by atoms with Crippen molar-refractivity contribution in [2.45, 2.75) is 33.7 Å². The van der Waals surface area contributed by atoms with E-state index >= 15 is 0 Å². The maximum absolute atomic E-state index is 11.8. The van der Waals surface area contributed by atoms with Gasteiger partial charge in [0.25, 0.3) is 0 Å². The van der Waals surface area contributed by atoms with Gasteiger partial charge in [0.1, 0.15) is 5.82 Å². The summed E-state index contributed by atoms with van der Waals surface area (Å²) in [5, 5.41) is 3.96. The normalized spacial score (nSPS) is 12.9. The third-order valence-electron chi connectivity index (χ3n) is 2.67. The Hall–Kier alpha value is -1.08. The Morgan fingerprint density at radius 3 is 2.50 bits per heavy atom. The van der Waals surface area contributed by atoms with Crippen LogP contribution in [-0.2, 0) is 23.6 Å². The van der Waals surface area contributed by atoms with E-state index in [0.29, 0.717) is 17.8 Å². The summed E-state index contributed by atoms with van der Waals surface area (Å²) in [6.07, 6.45) is 2.19. The number of anilines is 1. The molecule has 1 aromatic heterocycles. The molecule has 18 heavy (non-hydrogen) atoms. The van der Waals surface area contributed by atoms with Gasteiger partial charge in [-0.1, -0.05) is 20.8 Å². The second kappa shape index (κ2) is 5.27. The molecule has 0 aliphatic heterocycles. The molecule has 6 nitrogen and oxygen atoms in total. The first-order valence-electron chi connectivity index (χ1n) is 5.84. The van der Waals surface area contributed by atoms with Gasteiger partial charge in [-0.05, 0) is 11.8 Å². The van der Waals surface area contributed by atoms with Crippen LogP contribution in [0.15, 0.2) is 6.20 Å². The summed E-state index contributed by atoms with van der Waals surface area (Å²) in [6, 6.07) is 0. The Kier molecular flexibility index (Phi) is 4.39. The number of rotatable bonds is 5. The standard InChI is InChI=1S/C11H22N4O2S/c1-11(2,3)5-6-18(16,17)14-8-9-7-13-15(4)10(9)12/h7,14H,5-6,8,12H2,1-4H3. The van der Waals surface area contributed by atoms with Crippen molar-refractivity contribution in [1.82, 2.24) is 14.5 Å². The molecule has 1 heterocycles. The maximum atomic E-state index is 11.8. The molecule has 0 radical (unpaired) electrons.